The van der Waals surface area contributed by atoms with E-state index < -0.39 is 0 Å². The Morgan fingerprint density at radius 3 is 2.39 bits per heavy atom. The van der Waals surface area contributed by atoms with Gasteiger partial charge in [0, 0.05) is 20.0 Å². The molecular formula is C14H17N3O. The number of rotatable bonds is 2. The van der Waals surface area contributed by atoms with E-state index in [4.69, 9.17) is 0 Å². The van der Waals surface area contributed by atoms with E-state index in [0.717, 1.165) is 17.2 Å². The first-order chi connectivity index (χ1) is 8.49. The Hall–Kier alpha value is -2.10. The van der Waals surface area contributed by atoms with Gasteiger partial charge in [0.25, 0.3) is 0 Å². The van der Waals surface area contributed by atoms with E-state index in [0.29, 0.717) is 0 Å². The highest BCUT2D eigenvalue weighted by molar-refractivity contribution is 5.90. The number of amides is 1. The number of hydrogen-bond donors (Lipinski definition) is 0. The van der Waals surface area contributed by atoms with Crippen LogP contribution in [-0.2, 0) is 4.79 Å². The second-order valence-electron chi connectivity index (χ2n) is 4.47. The van der Waals surface area contributed by atoms with Gasteiger partial charge in [-0.1, -0.05) is 17.7 Å². The molecule has 0 atom stereocenters. The zero-order valence-electron chi connectivity index (χ0n) is 11.1. The third-order valence-electron chi connectivity index (χ3n) is 2.91. The SMILES string of the molecule is CC(=O)N(C)c1cc(C)nn1-c1ccc(C)cc1. The van der Waals surface area contributed by atoms with Crippen molar-refractivity contribution in [1.82, 2.24) is 9.78 Å². The quantitative estimate of drug-likeness (QED) is 0.812. The number of aromatic nitrogens is 2. The number of nitrogens with zero attached hydrogens (tertiary/aromatic N) is 3. The van der Waals surface area contributed by atoms with Crippen molar-refractivity contribution in [3.8, 4) is 5.69 Å². The lowest BCUT2D eigenvalue weighted by Crippen LogP contribution is -2.25. The molecule has 1 amide bonds. The van der Waals surface area contributed by atoms with Crippen LogP contribution in [0.1, 0.15) is 18.2 Å². The van der Waals surface area contributed by atoms with Crippen LogP contribution in [0.25, 0.3) is 5.69 Å². The van der Waals surface area contributed by atoms with Crippen molar-refractivity contribution in [3.63, 3.8) is 0 Å². The van der Waals surface area contributed by atoms with Crippen molar-refractivity contribution < 1.29 is 4.79 Å². The van der Waals surface area contributed by atoms with Crippen LogP contribution >= 0.6 is 0 Å². The Labute approximate surface area is 107 Å². The van der Waals surface area contributed by atoms with Crippen LogP contribution in [0.2, 0.25) is 0 Å². The molecule has 18 heavy (non-hydrogen) atoms. The summed E-state index contributed by atoms with van der Waals surface area (Å²) in [6.07, 6.45) is 0. The summed E-state index contributed by atoms with van der Waals surface area (Å²) in [6.45, 7) is 5.50. The summed E-state index contributed by atoms with van der Waals surface area (Å²) in [5.74, 6) is 0.770. The summed E-state index contributed by atoms with van der Waals surface area (Å²) in [4.78, 5) is 13.1. The largest absolute Gasteiger partial charge is 0.300 e. The maximum absolute atomic E-state index is 11.5. The normalized spacial score (nSPS) is 10.4. The number of aryl methyl sites for hydroxylation is 2. The Balaban J connectivity index is 2.50. The third-order valence-corrected chi connectivity index (χ3v) is 2.91. The van der Waals surface area contributed by atoms with E-state index in [1.54, 1.807) is 23.6 Å². The molecule has 4 nitrogen and oxygen atoms in total. The number of carbonyl (C=O) groups excluding carboxylic acids is 1. The van der Waals surface area contributed by atoms with Crippen molar-refractivity contribution >= 4 is 11.7 Å². The Morgan fingerprint density at radius 2 is 1.83 bits per heavy atom. The van der Waals surface area contributed by atoms with Crippen molar-refractivity contribution in [3.05, 3.63) is 41.6 Å². The highest BCUT2D eigenvalue weighted by atomic mass is 16.2. The first-order valence-corrected chi connectivity index (χ1v) is 5.87. The van der Waals surface area contributed by atoms with Crippen molar-refractivity contribution in [2.45, 2.75) is 20.8 Å². The molecule has 0 N–H and O–H groups in total. The molecule has 4 heteroatoms. The fourth-order valence-corrected chi connectivity index (χ4v) is 1.76. The molecule has 0 spiro atoms. The van der Waals surface area contributed by atoms with Gasteiger partial charge in [-0.05, 0) is 26.0 Å². The van der Waals surface area contributed by atoms with Crippen LogP contribution in [0, 0.1) is 13.8 Å². The fourth-order valence-electron chi connectivity index (χ4n) is 1.76. The van der Waals surface area contributed by atoms with Gasteiger partial charge in [0.05, 0.1) is 11.4 Å². The molecule has 2 aromatic rings. The molecule has 2 rings (SSSR count). The van der Waals surface area contributed by atoms with Gasteiger partial charge in [-0.25, -0.2) is 4.68 Å². The monoisotopic (exact) mass is 243 g/mol. The number of carbonyl (C=O) groups is 1. The minimum Gasteiger partial charge on any atom is -0.300 e. The van der Waals surface area contributed by atoms with Crippen LogP contribution in [0.15, 0.2) is 30.3 Å². The van der Waals surface area contributed by atoms with Crippen molar-refractivity contribution in [2.24, 2.45) is 0 Å². The van der Waals surface area contributed by atoms with E-state index in [9.17, 15) is 4.79 Å². The lowest BCUT2D eigenvalue weighted by molar-refractivity contribution is -0.116. The molecule has 0 unspecified atom stereocenters. The molecule has 1 aromatic carbocycles. The summed E-state index contributed by atoms with van der Waals surface area (Å²) in [5, 5.41) is 4.44. The summed E-state index contributed by atoms with van der Waals surface area (Å²) in [5.41, 5.74) is 3.04. The molecule has 0 radical (unpaired) electrons. The Bertz CT molecular complexity index is 569. The van der Waals surface area contributed by atoms with Crippen LogP contribution < -0.4 is 4.90 Å². The first kappa shape index (κ1) is 12.4. The molecule has 1 heterocycles. The highest BCUT2D eigenvalue weighted by Gasteiger charge is 2.14. The van der Waals surface area contributed by atoms with E-state index in [-0.39, 0.29) is 5.91 Å². The Morgan fingerprint density at radius 1 is 1.22 bits per heavy atom. The van der Waals surface area contributed by atoms with Gasteiger partial charge in [-0.15, -0.1) is 0 Å². The minimum absolute atomic E-state index is 0.0109. The predicted molar refractivity (Wildman–Crippen MR) is 72.1 cm³/mol. The van der Waals surface area contributed by atoms with Gasteiger partial charge in [-0.3, -0.25) is 4.79 Å². The minimum atomic E-state index is -0.0109. The highest BCUT2D eigenvalue weighted by Crippen LogP contribution is 2.20. The molecule has 0 bridgehead atoms. The van der Waals surface area contributed by atoms with Crippen LogP contribution in [-0.4, -0.2) is 22.7 Å². The van der Waals surface area contributed by atoms with Gasteiger partial charge in [0.1, 0.15) is 5.82 Å². The zero-order valence-corrected chi connectivity index (χ0v) is 11.1. The number of hydrogen-bond acceptors (Lipinski definition) is 2. The van der Waals surface area contributed by atoms with Gasteiger partial charge in [0.2, 0.25) is 5.91 Å². The maximum atomic E-state index is 11.5. The maximum Gasteiger partial charge on any atom is 0.224 e. The zero-order chi connectivity index (χ0) is 13.3. The van der Waals surface area contributed by atoms with Gasteiger partial charge in [-0.2, -0.15) is 5.10 Å². The molecule has 0 saturated heterocycles. The topological polar surface area (TPSA) is 38.1 Å². The summed E-state index contributed by atoms with van der Waals surface area (Å²) in [7, 11) is 1.75. The average Bonchev–Trinajstić information content (AvgIpc) is 2.71. The van der Waals surface area contributed by atoms with E-state index in [2.05, 4.69) is 5.10 Å². The van der Waals surface area contributed by atoms with E-state index in [1.807, 2.05) is 44.2 Å². The predicted octanol–water partition coefficient (Wildman–Crippen LogP) is 2.47. The second kappa shape index (κ2) is 4.64. The summed E-state index contributed by atoms with van der Waals surface area (Å²) in [6, 6.07) is 9.97. The molecule has 94 valence electrons. The van der Waals surface area contributed by atoms with Crippen molar-refractivity contribution in [2.75, 3.05) is 11.9 Å². The van der Waals surface area contributed by atoms with Gasteiger partial charge < -0.3 is 4.90 Å². The smallest absolute Gasteiger partial charge is 0.224 e. The number of anilines is 1. The number of benzene rings is 1. The molecule has 0 aliphatic heterocycles. The van der Waals surface area contributed by atoms with Crippen LogP contribution in [0.4, 0.5) is 5.82 Å². The molecule has 1 aromatic heterocycles. The standard InChI is InChI=1S/C14H17N3O/c1-10-5-7-13(8-6-10)17-14(9-11(2)15-17)16(4)12(3)18/h5-9H,1-4H3. The van der Waals surface area contributed by atoms with Crippen LogP contribution in [0.5, 0.6) is 0 Å². The summed E-state index contributed by atoms with van der Waals surface area (Å²) < 4.78 is 1.79. The Kier molecular flexibility index (Phi) is 3.19. The average molecular weight is 243 g/mol. The van der Waals surface area contributed by atoms with E-state index >= 15 is 0 Å². The molecular weight excluding hydrogens is 226 g/mol. The third kappa shape index (κ3) is 2.27. The van der Waals surface area contributed by atoms with Gasteiger partial charge in [0.15, 0.2) is 0 Å². The fraction of sp³-hybridized carbons (Fsp3) is 0.286. The van der Waals surface area contributed by atoms with Crippen LogP contribution in [0.3, 0.4) is 0 Å². The van der Waals surface area contributed by atoms with Crippen molar-refractivity contribution in [1.29, 1.82) is 0 Å². The molecule has 0 saturated carbocycles. The first-order valence-electron chi connectivity index (χ1n) is 5.87. The van der Waals surface area contributed by atoms with E-state index in [1.165, 1.54) is 5.56 Å². The van der Waals surface area contributed by atoms with Gasteiger partial charge >= 0.3 is 0 Å². The second-order valence-corrected chi connectivity index (χ2v) is 4.47. The molecule has 0 fully saturated rings. The molecule has 0 aliphatic carbocycles. The summed E-state index contributed by atoms with van der Waals surface area (Å²) >= 11 is 0. The lowest BCUT2D eigenvalue weighted by atomic mass is 10.2. The lowest BCUT2D eigenvalue weighted by Gasteiger charge is -2.16. The molecule has 0 aliphatic rings.